The first-order chi connectivity index (χ1) is 20.6. The predicted octanol–water partition coefficient (Wildman–Crippen LogP) is 11.1. The second kappa shape index (κ2) is 15.6. The number of aliphatic hydroxyl groups is 1. The van der Waals surface area contributed by atoms with E-state index in [1.165, 1.54) is 44.0 Å². The normalized spacial score (nSPS) is 13.5. The van der Waals surface area contributed by atoms with Crippen molar-refractivity contribution in [3.8, 4) is 22.4 Å². The SMILES string of the molecule is CC(C)Cc1csc2c(-c3[c-]cc4c(c3)C(C)(C)c3ccccc3-4)nccc12.CCC(CC)C(=O)/C=C(\O)C(CC)CC.[Ir]. The number of rotatable bonds is 10. The predicted molar refractivity (Wildman–Crippen MR) is 184 cm³/mol. The molecule has 0 spiro atoms. The topological polar surface area (TPSA) is 50.2 Å². The van der Waals surface area contributed by atoms with E-state index >= 15 is 0 Å². The molecule has 1 radical (unpaired) electrons. The van der Waals surface area contributed by atoms with Gasteiger partial charge in [0.15, 0.2) is 5.78 Å². The standard InChI is InChI=1S/C26H24NS.C13H24O2.Ir/c1-16(2)13-18-15-28-25-19(18)11-12-27-24(25)17-9-10-21-20-7-5-6-8-22(20)26(3,4)23(21)14-17;1-5-10(6-2)12(14)9-13(15)11(7-3)8-4;/h5-8,10-12,14-16H,13H2,1-4H3;9-11,14H,5-8H2,1-4H3;/q-1;;/b;12-9-;. The van der Waals surface area contributed by atoms with Crippen LogP contribution >= 0.6 is 11.3 Å². The van der Waals surface area contributed by atoms with E-state index in [4.69, 9.17) is 4.98 Å². The van der Waals surface area contributed by atoms with Gasteiger partial charge < -0.3 is 10.1 Å². The smallest absolute Gasteiger partial charge is 0.162 e. The summed E-state index contributed by atoms with van der Waals surface area (Å²) in [7, 11) is 0. The number of aliphatic hydroxyl groups excluding tert-OH is 1. The average Bonchev–Trinajstić information content (AvgIpc) is 3.50. The number of nitrogens with zero attached hydrogens (tertiary/aromatic N) is 1. The molecule has 237 valence electrons. The van der Waals surface area contributed by atoms with Gasteiger partial charge in [0.25, 0.3) is 0 Å². The van der Waals surface area contributed by atoms with Crippen LogP contribution in [0.25, 0.3) is 32.5 Å². The van der Waals surface area contributed by atoms with E-state index in [9.17, 15) is 9.90 Å². The number of thiophene rings is 1. The van der Waals surface area contributed by atoms with Gasteiger partial charge in [-0.1, -0.05) is 90.8 Å². The first-order valence-electron chi connectivity index (χ1n) is 16.0. The molecule has 1 aliphatic rings. The number of ketones is 1. The zero-order chi connectivity index (χ0) is 31.3. The Morgan fingerprint density at radius 2 is 1.64 bits per heavy atom. The molecule has 0 bridgehead atoms. The Labute approximate surface area is 282 Å². The Hall–Kier alpha value is -2.59. The van der Waals surface area contributed by atoms with Gasteiger partial charge in [-0.3, -0.25) is 4.79 Å². The van der Waals surface area contributed by atoms with E-state index in [2.05, 4.69) is 81.6 Å². The number of allylic oxidation sites excluding steroid dienone is 2. The molecule has 1 N–H and O–H groups in total. The van der Waals surface area contributed by atoms with Gasteiger partial charge in [0.1, 0.15) is 0 Å². The van der Waals surface area contributed by atoms with Crippen LogP contribution in [0.1, 0.15) is 97.8 Å². The maximum absolute atomic E-state index is 11.7. The molecule has 0 saturated carbocycles. The van der Waals surface area contributed by atoms with Crippen molar-refractivity contribution in [1.82, 2.24) is 4.98 Å². The minimum Gasteiger partial charge on any atom is -0.512 e. The Balaban J connectivity index is 0.000000286. The maximum Gasteiger partial charge on any atom is 0.162 e. The molecular weight excluding hydrogens is 739 g/mol. The fourth-order valence-corrected chi connectivity index (χ4v) is 7.44. The number of carbonyl (C=O) groups is 1. The number of benzene rings is 2. The van der Waals surface area contributed by atoms with Crippen molar-refractivity contribution in [2.45, 2.75) is 92.9 Å². The summed E-state index contributed by atoms with van der Waals surface area (Å²) in [6, 6.07) is 19.0. The summed E-state index contributed by atoms with van der Waals surface area (Å²) in [5, 5.41) is 13.4. The number of carbonyl (C=O) groups excluding carboxylic acids is 1. The molecule has 44 heavy (non-hydrogen) atoms. The van der Waals surface area contributed by atoms with Crippen molar-refractivity contribution in [3.05, 3.63) is 88.6 Å². The number of aromatic nitrogens is 1. The minimum atomic E-state index is 0. The fourth-order valence-electron chi connectivity index (χ4n) is 6.36. The van der Waals surface area contributed by atoms with Crippen LogP contribution in [0.3, 0.4) is 0 Å². The van der Waals surface area contributed by atoms with E-state index in [-0.39, 0.29) is 48.9 Å². The summed E-state index contributed by atoms with van der Waals surface area (Å²) in [6.07, 6.45) is 7.97. The van der Waals surface area contributed by atoms with Crippen LogP contribution in [0.4, 0.5) is 0 Å². The van der Waals surface area contributed by atoms with Crippen LogP contribution in [0, 0.1) is 23.8 Å². The van der Waals surface area contributed by atoms with E-state index in [1.807, 2.05) is 45.2 Å². The van der Waals surface area contributed by atoms with Crippen LogP contribution in [0.15, 0.2) is 65.9 Å². The molecule has 0 amide bonds. The molecule has 5 rings (SSSR count). The van der Waals surface area contributed by atoms with E-state index in [1.54, 1.807) is 0 Å². The monoisotopic (exact) mass is 787 g/mol. The quantitative estimate of drug-likeness (QED) is 0.0989. The third-order valence-electron chi connectivity index (χ3n) is 9.05. The van der Waals surface area contributed by atoms with Crippen molar-refractivity contribution in [1.29, 1.82) is 0 Å². The summed E-state index contributed by atoms with van der Waals surface area (Å²) >= 11 is 1.82. The van der Waals surface area contributed by atoms with Gasteiger partial charge >= 0.3 is 0 Å². The van der Waals surface area contributed by atoms with Crippen LogP contribution in [0.5, 0.6) is 0 Å². The summed E-state index contributed by atoms with van der Waals surface area (Å²) in [6.45, 7) is 17.3. The molecule has 1 aliphatic carbocycles. The van der Waals surface area contributed by atoms with Crippen molar-refractivity contribution in [2.75, 3.05) is 0 Å². The molecule has 0 atom stereocenters. The molecule has 2 heterocycles. The molecule has 0 unspecified atom stereocenters. The van der Waals surface area contributed by atoms with Crippen molar-refractivity contribution < 1.29 is 30.0 Å². The molecule has 5 heteroatoms. The number of pyridine rings is 1. The Bertz CT molecular complexity index is 1590. The first-order valence-corrected chi connectivity index (χ1v) is 16.9. The van der Waals surface area contributed by atoms with Gasteiger partial charge in [0.2, 0.25) is 0 Å². The molecular formula is C39H48IrNO2S-. The third kappa shape index (κ3) is 7.44. The number of fused-ring (bicyclic) bond motifs is 4. The van der Waals surface area contributed by atoms with Gasteiger partial charge in [-0.25, -0.2) is 0 Å². The Kier molecular flexibility index (Phi) is 12.7. The molecule has 2 aromatic carbocycles. The fraction of sp³-hybridized carbons (Fsp3) is 0.436. The van der Waals surface area contributed by atoms with Gasteiger partial charge in [0, 0.05) is 54.6 Å². The molecule has 0 aliphatic heterocycles. The average molecular weight is 787 g/mol. The second-order valence-corrected chi connectivity index (χ2v) is 13.6. The van der Waals surface area contributed by atoms with Crippen LogP contribution < -0.4 is 0 Å². The molecule has 0 fully saturated rings. The van der Waals surface area contributed by atoms with E-state index < -0.39 is 0 Å². The zero-order valence-electron chi connectivity index (χ0n) is 27.6. The van der Waals surface area contributed by atoms with Crippen LogP contribution in [-0.2, 0) is 36.7 Å². The van der Waals surface area contributed by atoms with Crippen LogP contribution in [0.2, 0.25) is 0 Å². The summed E-state index contributed by atoms with van der Waals surface area (Å²) in [5.74, 6) is 1.20. The number of hydrogen-bond acceptors (Lipinski definition) is 4. The summed E-state index contributed by atoms with van der Waals surface area (Å²) in [5.41, 5.74) is 9.03. The van der Waals surface area contributed by atoms with Crippen molar-refractivity contribution in [2.24, 2.45) is 17.8 Å². The zero-order valence-corrected chi connectivity index (χ0v) is 30.8. The summed E-state index contributed by atoms with van der Waals surface area (Å²) < 4.78 is 1.28. The second-order valence-electron chi connectivity index (χ2n) is 12.7. The Morgan fingerprint density at radius 3 is 2.27 bits per heavy atom. The first kappa shape index (κ1) is 35.9. The molecule has 3 nitrogen and oxygen atoms in total. The number of hydrogen-bond donors (Lipinski definition) is 1. The van der Waals surface area contributed by atoms with Gasteiger partial charge in [-0.2, -0.15) is 11.3 Å². The molecule has 4 aromatic rings. The maximum atomic E-state index is 11.7. The van der Waals surface area contributed by atoms with Crippen LogP contribution in [-0.4, -0.2) is 15.9 Å². The van der Waals surface area contributed by atoms with Crippen molar-refractivity contribution in [3.63, 3.8) is 0 Å². The molecule has 0 saturated heterocycles. The van der Waals surface area contributed by atoms with Gasteiger partial charge in [-0.15, -0.1) is 29.3 Å². The summed E-state index contributed by atoms with van der Waals surface area (Å²) in [4.78, 5) is 16.5. The third-order valence-corrected chi connectivity index (χ3v) is 10.1. The van der Waals surface area contributed by atoms with Gasteiger partial charge in [0.05, 0.1) is 5.76 Å². The largest absolute Gasteiger partial charge is 0.512 e. The van der Waals surface area contributed by atoms with E-state index in [0.717, 1.165) is 43.4 Å². The van der Waals surface area contributed by atoms with E-state index in [0.29, 0.717) is 5.92 Å². The minimum absolute atomic E-state index is 0. The van der Waals surface area contributed by atoms with Gasteiger partial charge in [-0.05, 0) is 71.4 Å². The van der Waals surface area contributed by atoms with Crippen molar-refractivity contribution >= 4 is 27.2 Å². The Morgan fingerprint density at radius 1 is 0.977 bits per heavy atom. The molecule has 2 aromatic heterocycles.